The first-order valence-electron chi connectivity index (χ1n) is 8.83. The molecule has 1 aliphatic rings. The Bertz CT molecular complexity index is 874. The highest BCUT2D eigenvalue weighted by Crippen LogP contribution is 2.39. The predicted octanol–water partition coefficient (Wildman–Crippen LogP) is 4.65. The van der Waals surface area contributed by atoms with Gasteiger partial charge in [0, 0.05) is 29.8 Å². The summed E-state index contributed by atoms with van der Waals surface area (Å²) in [6, 6.07) is 7.80. The first-order valence-corrected chi connectivity index (χ1v) is 8.83. The molecule has 0 fully saturated rings. The van der Waals surface area contributed by atoms with Gasteiger partial charge in [-0.15, -0.1) is 5.10 Å². The lowest BCUT2D eigenvalue weighted by Crippen LogP contribution is -2.29. The summed E-state index contributed by atoms with van der Waals surface area (Å²) < 4.78 is 1.82. The molecule has 0 atom stereocenters. The van der Waals surface area contributed by atoms with Crippen LogP contribution in [0.15, 0.2) is 55.1 Å². The zero-order valence-corrected chi connectivity index (χ0v) is 16.2. The minimum atomic E-state index is -0.130. The molecule has 0 aliphatic carbocycles. The summed E-state index contributed by atoms with van der Waals surface area (Å²) in [5, 5.41) is 8.72. The average molecular weight is 350 g/mol. The number of rotatable bonds is 3. The maximum atomic E-state index is 13.0. The number of hydrogen-bond acceptors (Lipinski definition) is 3. The molecule has 0 radical (unpaired) electrons. The van der Waals surface area contributed by atoms with Crippen molar-refractivity contribution in [1.82, 2.24) is 15.0 Å². The van der Waals surface area contributed by atoms with E-state index in [1.165, 1.54) is 0 Å². The van der Waals surface area contributed by atoms with Crippen LogP contribution in [-0.4, -0.2) is 27.9 Å². The topological polar surface area (TPSA) is 51.0 Å². The minimum Gasteiger partial charge on any atom is -0.311 e. The Hall–Kier alpha value is -2.95. The van der Waals surface area contributed by atoms with Crippen LogP contribution in [0.4, 0.5) is 5.69 Å². The lowest BCUT2D eigenvalue weighted by Gasteiger charge is -2.25. The van der Waals surface area contributed by atoms with E-state index >= 15 is 0 Å². The monoisotopic (exact) mass is 350 g/mol. The van der Waals surface area contributed by atoms with Crippen molar-refractivity contribution < 1.29 is 4.79 Å². The van der Waals surface area contributed by atoms with Gasteiger partial charge in [-0.05, 0) is 19.9 Å². The maximum Gasteiger partial charge on any atom is 0.258 e. The van der Waals surface area contributed by atoms with Crippen molar-refractivity contribution in [2.75, 3.05) is 11.9 Å². The maximum absolute atomic E-state index is 13.0. The quantitative estimate of drug-likeness (QED) is 0.809. The third-order valence-electron chi connectivity index (χ3n) is 4.19. The Morgan fingerprint density at radius 3 is 2.27 bits per heavy atom. The molecule has 1 amide bonds. The number of para-hydroxylation sites is 1. The van der Waals surface area contributed by atoms with Gasteiger partial charge in [-0.1, -0.05) is 62.6 Å². The van der Waals surface area contributed by atoms with Crippen LogP contribution in [0.5, 0.6) is 0 Å². The van der Waals surface area contributed by atoms with Crippen LogP contribution < -0.4 is 4.90 Å². The molecule has 0 bridgehead atoms. The van der Waals surface area contributed by atoms with E-state index in [-0.39, 0.29) is 11.9 Å². The van der Waals surface area contributed by atoms with Crippen molar-refractivity contribution in [2.24, 2.45) is 0 Å². The Morgan fingerprint density at radius 2 is 1.69 bits per heavy atom. The second-order valence-corrected chi connectivity index (χ2v) is 5.94. The fourth-order valence-corrected chi connectivity index (χ4v) is 2.99. The smallest absolute Gasteiger partial charge is 0.258 e. The highest BCUT2D eigenvalue weighted by atomic mass is 16.2. The van der Waals surface area contributed by atoms with Gasteiger partial charge in [0.25, 0.3) is 5.91 Å². The second-order valence-electron chi connectivity index (χ2n) is 5.94. The number of carbonyl (C=O) groups is 1. The molecule has 136 valence electrons. The Balaban J connectivity index is 0.00000117. The molecule has 5 nitrogen and oxygen atoms in total. The van der Waals surface area contributed by atoms with Gasteiger partial charge in [-0.2, -0.15) is 0 Å². The summed E-state index contributed by atoms with van der Waals surface area (Å²) in [5.74, 6) is -0.130. The van der Waals surface area contributed by atoms with E-state index in [9.17, 15) is 4.79 Å². The zero-order valence-electron chi connectivity index (χ0n) is 16.2. The van der Waals surface area contributed by atoms with Crippen LogP contribution in [0.3, 0.4) is 0 Å². The molecule has 0 spiro atoms. The number of aromatic nitrogens is 3. The molecule has 1 aromatic carbocycles. The third kappa shape index (κ3) is 3.01. The highest BCUT2D eigenvalue weighted by molar-refractivity contribution is 6.16. The summed E-state index contributed by atoms with van der Waals surface area (Å²) in [6.07, 6.45) is 3.25. The molecule has 3 rings (SSSR count). The van der Waals surface area contributed by atoms with Crippen molar-refractivity contribution in [1.29, 1.82) is 0 Å². The van der Waals surface area contributed by atoms with Gasteiger partial charge in [0.2, 0.25) is 0 Å². The van der Waals surface area contributed by atoms with E-state index in [1.807, 2.05) is 56.6 Å². The van der Waals surface area contributed by atoms with Crippen LogP contribution in [0.2, 0.25) is 0 Å². The molecule has 0 unspecified atom stereocenters. The third-order valence-corrected chi connectivity index (χ3v) is 4.19. The van der Waals surface area contributed by atoms with Crippen molar-refractivity contribution in [2.45, 2.75) is 33.7 Å². The number of likely N-dealkylation sites (N-methyl/N-ethyl adjacent to an activating group) is 1. The van der Waals surface area contributed by atoms with Crippen LogP contribution in [0.25, 0.3) is 16.8 Å². The lowest BCUT2D eigenvalue weighted by molar-refractivity contribution is -0.114. The lowest BCUT2D eigenvalue weighted by atomic mass is 9.95. The number of benzene rings is 1. The Morgan fingerprint density at radius 1 is 1.08 bits per heavy atom. The van der Waals surface area contributed by atoms with Crippen LogP contribution in [-0.2, 0) is 4.79 Å². The highest BCUT2D eigenvalue weighted by Gasteiger charge is 2.29. The summed E-state index contributed by atoms with van der Waals surface area (Å²) in [4.78, 5) is 14.6. The largest absolute Gasteiger partial charge is 0.311 e. The predicted molar refractivity (Wildman–Crippen MR) is 108 cm³/mol. The number of hydrogen-bond donors (Lipinski definition) is 0. The van der Waals surface area contributed by atoms with E-state index in [0.29, 0.717) is 11.1 Å². The van der Waals surface area contributed by atoms with Crippen molar-refractivity contribution in [3.05, 3.63) is 60.8 Å². The number of fused-ring (bicyclic) bond motifs is 3. The Kier molecular flexibility index (Phi) is 5.93. The first-order chi connectivity index (χ1) is 12.5. The molecule has 26 heavy (non-hydrogen) atoms. The zero-order chi connectivity index (χ0) is 19.4. The van der Waals surface area contributed by atoms with Gasteiger partial charge in [-0.25, -0.2) is 4.68 Å². The number of amides is 1. The molecule has 2 heterocycles. The summed E-state index contributed by atoms with van der Waals surface area (Å²) in [5.41, 5.74) is 4.40. The Labute approximate surface area is 155 Å². The van der Waals surface area contributed by atoms with Crippen LogP contribution in [0, 0.1) is 0 Å². The van der Waals surface area contributed by atoms with Gasteiger partial charge in [0.1, 0.15) is 5.69 Å². The molecule has 5 heteroatoms. The van der Waals surface area contributed by atoms with E-state index in [0.717, 1.165) is 22.6 Å². The van der Waals surface area contributed by atoms with Gasteiger partial charge >= 0.3 is 0 Å². The first kappa shape index (κ1) is 19.4. The van der Waals surface area contributed by atoms with Crippen LogP contribution in [0.1, 0.15) is 39.4 Å². The number of nitrogens with zero attached hydrogens (tertiary/aromatic N) is 4. The second kappa shape index (κ2) is 7.95. The van der Waals surface area contributed by atoms with E-state index < -0.39 is 0 Å². The molecule has 1 aromatic heterocycles. The minimum absolute atomic E-state index is 0.0988. The molecular weight excluding hydrogens is 324 g/mol. The molecule has 0 saturated heterocycles. The SMILES string of the molecule is C=C/C1=C(\C=C)c2c(nnn2C(C)C)-c2ccccc2N(C)C1=O.CC. The van der Waals surface area contributed by atoms with Gasteiger partial charge in [0.15, 0.2) is 0 Å². The number of carbonyl (C=O) groups excluding carboxylic acids is 1. The summed E-state index contributed by atoms with van der Waals surface area (Å²) in [7, 11) is 1.75. The standard InChI is InChI=1S/C19H20N4O.C2H6/c1-6-13-14(7-2)19(24)22(5)16-11-9-8-10-15(16)17-18(13)23(12(3)4)21-20-17;1-2/h6-12H,1-2H2,3-5H3;1-2H3/b14-13-;. The van der Waals surface area contributed by atoms with Gasteiger partial charge in [-0.3, -0.25) is 4.79 Å². The van der Waals surface area contributed by atoms with Crippen LogP contribution >= 0.6 is 0 Å². The fourth-order valence-electron chi connectivity index (χ4n) is 2.99. The van der Waals surface area contributed by atoms with E-state index in [4.69, 9.17) is 0 Å². The van der Waals surface area contributed by atoms with Gasteiger partial charge < -0.3 is 4.90 Å². The molecule has 2 aromatic rings. The number of anilines is 1. The fraction of sp³-hybridized carbons (Fsp3) is 0.286. The molecule has 0 saturated carbocycles. The number of allylic oxidation sites excluding steroid dienone is 2. The molecule has 0 N–H and O–H groups in total. The molecular formula is C21H26N4O. The van der Waals surface area contributed by atoms with Crippen molar-refractivity contribution in [3.8, 4) is 11.3 Å². The van der Waals surface area contributed by atoms with Crippen molar-refractivity contribution >= 4 is 17.2 Å². The average Bonchev–Trinajstić information content (AvgIpc) is 3.10. The van der Waals surface area contributed by atoms with Gasteiger partial charge in [0.05, 0.1) is 11.4 Å². The normalized spacial score (nSPS) is 16.1. The van der Waals surface area contributed by atoms with Crippen molar-refractivity contribution in [3.63, 3.8) is 0 Å². The summed E-state index contributed by atoms with van der Waals surface area (Å²) in [6.45, 7) is 15.8. The molecule has 1 aliphatic heterocycles. The summed E-state index contributed by atoms with van der Waals surface area (Å²) >= 11 is 0. The van der Waals surface area contributed by atoms with E-state index in [2.05, 4.69) is 23.5 Å². The van der Waals surface area contributed by atoms with E-state index in [1.54, 1.807) is 24.1 Å².